The van der Waals surface area contributed by atoms with Crippen LogP contribution >= 0.6 is 0 Å². The average Bonchev–Trinajstić information content (AvgIpc) is 2.70. The lowest BCUT2D eigenvalue weighted by Gasteiger charge is -2.17. The van der Waals surface area contributed by atoms with Gasteiger partial charge in [-0.15, -0.1) is 0 Å². The maximum absolute atomic E-state index is 11.9. The van der Waals surface area contributed by atoms with Gasteiger partial charge in [0.1, 0.15) is 0 Å². The zero-order valence-corrected chi connectivity index (χ0v) is 10.9. The van der Waals surface area contributed by atoms with Crippen LogP contribution in [0.25, 0.3) is 0 Å². The standard InChI is InChI=1S/C14H21N3O/c1-2-3-11-7-14(18)17(9-11)10-12-4-5-16-13(6-12)8-15/h4-6,11H,2-3,7-10,15H2,1H3. The molecular weight excluding hydrogens is 226 g/mol. The SMILES string of the molecule is CCCC1CC(=O)N(Cc2ccnc(CN)c2)C1. The zero-order chi connectivity index (χ0) is 13.0. The van der Waals surface area contributed by atoms with Gasteiger partial charge < -0.3 is 10.6 Å². The van der Waals surface area contributed by atoms with Crippen molar-refractivity contribution in [3.8, 4) is 0 Å². The fourth-order valence-corrected chi connectivity index (χ4v) is 2.57. The molecule has 4 nitrogen and oxygen atoms in total. The van der Waals surface area contributed by atoms with Gasteiger partial charge in [0.25, 0.3) is 0 Å². The summed E-state index contributed by atoms with van der Waals surface area (Å²) >= 11 is 0. The Balaban J connectivity index is 1.98. The molecule has 98 valence electrons. The molecule has 1 aromatic rings. The first kappa shape index (κ1) is 13.0. The van der Waals surface area contributed by atoms with E-state index in [1.807, 2.05) is 17.0 Å². The summed E-state index contributed by atoms with van der Waals surface area (Å²) < 4.78 is 0. The Labute approximate surface area is 108 Å². The number of pyridine rings is 1. The number of hydrogen-bond acceptors (Lipinski definition) is 3. The minimum atomic E-state index is 0.277. The van der Waals surface area contributed by atoms with Crippen LogP contribution in [0, 0.1) is 5.92 Å². The van der Waals surface area contributed by atoms with Crippen LogP contribution in [0.2, 0.25) is 0 Å². The summed E-state index contributed by atoms with van der Waals surface area (Å²) in [6.07, 6.45) is 4.77. The van der Waals surface area contributed by atoms with Gasteiger partial charge in [0, 0.05) is 32.3 Å². The quantitative estimate of drug-likeness (QED) is 0.861. The topological polar surface area (TPSA) is 59.2 Å². The van der Waals surface area contributed by atoms with E-state index in [0.29, 0.717) is 25.4 Å². The van der Waals surface area contributed by atoms with E-state index in [2.05, 4.69) is 11.9 Å². The van der Waals surface area contributed by atoms with E-state index < -0.39 is 0 Å². The van der Waals surface area contributed by atoms with Crippen molar-refractivity contribution >= 4 is 5.91 Å². The molecule has 0 aliphatic carbocycles. The van der Waals surface area contributed by atoms with Crippen molar-refractivity contribution in [2.24, 2.45) is 11.7 Å². The van der Waals surface area contributed by atoms with Crippen LogP contribution in [-0.2, 0) is 17.9 Å². The Morgan fingerprint density at radius 3 is 3.11 bits per heavy atom. The largest absolute Gasteiger partial charge is 0.338 e. The van der Waals surface area contributed by atoms with E-state index in [0.717, 1.165) is 30.6 Å². The van der Waals surface area contributed by atoms with E-state index in [1.54, 1.807) is 6.20 Å². The van der Waals surface area contributed by atoms with Gasteiger partial charge in [-0.1, -0.05) is 13.3 Å². The van der Waals surface area contributed by atoms with Crippen LogP contribution in [0.3, 0.4) is 0 Å². The fourth-order valence-electron chi connectivity index (χ4n) is 2.57. The molecule has 1 aliphatic rings. The van der Waals surface area contributed by atoms with Crippen molar-refractivity contribution in [1.29, 1.82) is 0 Å². The molecule has 4 heteroatoms. The third-order valence-electron chi connectivity index (χ3n) is 3.46. The molecule has 0 bridgehead atoms. The van der Waals surface area contributed by atoms with Crippen LogP contribution in [0.1, 0.15) is 37.4 Å². The highest BCUT2D eigenvalue weighted by Gasteiger charge is 2.28. The molecular formula is C14H21N3O. The maximum atomic E-state index is 11.9. The minimum absolute atomic E-state index is 0.277. The first-order valence-corrected chi connectivity index (χ1v) is 6.64. The predicted octanol–water partition coefficient (Wildman–Crippen LogP) is 1.69. The molecule has 1 unspecified atom stereocenters. The van der Waals surface area contributed by atoms with Gasteiger partial charge in [-0.2, -0.15) is 0 Å². The third kappa shape index (κ3) is 3.07. The van der Waals surface area contributed by atoms with Crippen molar-refractivity contribution in [3.05, 3.63) is 29.6 Å². The molecule has 18 heavy (non-hydrogen) atoms. The second-order valence-electron chi connectivity index (χ2n) is 4.99. The van der Waals surface area contributed by atoms with Crippen LogP contribution in [0.5, 0.6) is 0 Å². The number of carbonyl (C=O) groups is 1. The van der Waals surface area contributed by atoms with Crippen molar-refractivity contribution in [3.63, 3.8) is 0 Å². The molecule has 1 saturated heterocycles. The molecule has 1 amide bonds. The highest BCUT2D eigenvalue weighted by molar-refractivity contribution is 5.78. The van der Waals surface area contributed by atoms with Crippen molar-refractivity contribution in [2.75, 3.05) is 6.54 Å². The smallest absolute Gasteiger partial charge is 0.223 e. The lowest BCUT2D eigenvalue weighted by Crippen LogP contribution is -2.24. The fraction of sp³-hybridized carbons (Fsp3) is 0.571. The summed E-state index contributed by atoms with van der Waals surface area (Å²) in [5.41, 5.74) is 7.57. The highest BCUT2D eigenvalue weighted by atomic mass is 16.2. The van der Waals surface area contributed by atoms with Crippen molar-refractivity contribution < 1.29 is 4.79 Å². The van der Waals surface area contributed by atoms with E-state index in [4.69, 9.17) is 5.73 Å². The van der Waals surface area contributed by atoms with E-state index in [9.17, 15) is 4.79 Å². The van der Waals surface area contributed by atoms with Crippen molar-refractivity contribution in [1.82, 2.24) is 9.88 Å². The predicted molar refractivity (Wildman–Crippen MR) is 70.6 cm³/mol. The maximum Gasteiger partial charge on any atom is 0.223 e. The number of rotatable bonds is 5. The summed E-state index contributed by atoms with van der Waals surface area (Å²) in [7, 11) is 0. The Morgan fingerprint density at radius 1 is 1.56 bits per heavy atom. The number of nitrogens with zero attached hydrogens (tertiary/aromatic N) is 2. The molecule has 1 fully saturated rings. The Bertz CT molecular complexity index is 419. The second-order valence-corrected chi connectivity index (χ2v) is 4.99. The molecule has 2 rings (SSSR count). The number of hydrogen-bond donors (Lipinski definition) is 1. The van der Waals surface area contributed by atoms with Gasteiger partial charge in [0.2, 0.25) is 5.91 Å². The summed E-state index contributed by atoms with van der Waals surface area (Å²) in [5, 5.41) is 0. The monoisotopic (exact) mass is 247 g/mol. The lowest BCUT2D eigenvalue weighted by atomic mass is 10.0. The van der Waals surface area contributed by atoms with E-state index in [-0.39, 0.29) is 5.91 Å². The average molecular weight is 247 g/mol. The zero-order valence-electron chi connectivity index (χ0n) is 10.9. The van der Waals surface area contributed by atoms with Gasteiger partial charge in [-0.05, 0) is 30.0 Å². The summed E-state index contributed by atoms with van der Waals surface area (Å²) in [6.45, 7) is 4.20. The van der Waals surface area contributed by atoms with Crippen LogP contribution < -0.4 is 5.73 Å². The number of nitrogens with two attached hydrogens (primary N) is 1. The van der Waals surface area contributed by atoms with Gasteiger partial charge in [0.05, 0.1) is 5.69 Å². The molecule has 0 aromatic carbocycles. The summed E-state index contributed by atoms with van der Waals surface area (Å²) in [5.74, 6) is 0.817. The van der Waals surface area contributed by atoms with Crippen molar-refractivity contribution in [2.45, 2.75) is 39.3 Å². The summed E-state index contributed by atoms with van der Waals surface area (Å²) in [6, 6.07) is 3.94. The first-order chi connectivity index (χ1) is 8.72. The molecule has 0 spiro atoms. The number of aromatic nitrogens is 1. The molecule has 1 atom stereocenters. The van der Waals surface area contributed by atoms with E-state index >= 15 is 0 Å². The van der Waals surface area contributed by atoms with E-state index in [1.165, 1.54) is 0 Å². The van der Waals surface area contributed by atoms with Gasteiger partial charge in [0.15, 0.2) is 0 Å². The number of likely N-dealkylation sites (tertiary alicyclic amines) is 1. The molecule has 0 radical (unpaired) electrons. The van der Waals surface area contributed by atoms with Gasteiger partial charge in [-0.25, -0.2) is 0 Å². The van der Waals surface area contributed by atoms with Gasteiger partial charge in [-0.3, -0.25) is 9.78 Å². The highest BCUT2D eigenvalue weighted by Crippen LogP contribution is 2.23. The Hall–Kier alpha value is -1.42. The van der Waals surface area contributed by atoms with Crippen LogP contribution in [0.4, 0.5) is 0 Å². The minimum Gasteiger partial charge on any atom is -0.338 e. The Morgan fingerprint density at radius 2 is 2.39 bits per heavy atom. The summed E-state index contributed by atoms with van der Waals surface area (Å²) in [4.78, 5) is 18.0. The lowest BCUT2D eigenvalue weighted by molar-refractivity contribution is -0.128. The van der Waals surface area contributed by atoms with Crippen LogP contribution in [0.15, 0.2) is 18.3 Å². The van der Waals surface area contributed by atoms with Gasteiger partial charge >= 0.3 is 0 Å². The molecule has 2 heterocycles. The van der Waals surface area contributed by atoms with Crippen LogP contribution in [-0.4, -0.2) is 22.3 Å². The normalized spacial score (nSPS) is 19.6. The second kappa shape index (κ2) is 5.96. The molecule has 1 aromatic heterocycles. The molecule has 1 aliphatic heterocycles. The molecule has 0 saturated carbocycles. The first-order valence-electron chi connectivity index (χ1n) is 6.64. The Kier molecular flexibility index (Phi) is 4.31. The number of carbonyl (C=O) groups excluding carboxylic acids is 1. The third-order valence-corrected chi connectivity index (χ3v) is 3.46. The number of amides is 1. The molecule has 2 N–H and O–H groups in total.